The molecule has 1 saturated heterocycles. The van der Waals surface area contributed by atoms with Crippen LogP contribution >= 0.6 is 0 Å². The van der Waals surface area contributed by atoms with Crippen molar-refractivity contribution >= 4 is 17.7 Å². The third kappa shape index (κ3) is 3.30. The molecule has 1 N–H and O–H groups in total. The molecular weight excluding hydrogens is 384 g/mol. The SMILES string of the molecule is CC(C)(C)c1ccc(C2(C)NC(=O)N(CC(=O)c3ccc4c(c3)OCO4)C2=O)cc1. The predicted molar refractivity (Wildman–Crippen MR) is 110 cm³/mol. The molecule has 0 radical (unpaired) electrons. The van der Waals surface area contributed by atoms with E-state index in [9.17, 15) is 14.4 Å². The molecule has 2 aromatic rings. The minimum atomic E-state index is -1.22. The summed E-state index contributed by atoms with van der Waals surface area (Å²) in [5, 5.41) is 2.74. The molecule has 4 rings (SSSR count). The van der Waals surface area contributed by atoms with Crippen LogP contribution in [-0.2, 0) is 15.7 Å². The Hall–Kier alpha value is -3.35. The quantitative estimate of drug-likeness (QED) is 0.619. The highest BCUT2D eigenvalue weighted by Gasteiger charge is 2.49. The van der Waals surface area contributed by atoms with Gasteiger partial charge in [-0.25, -0.2) is 4.79 Å². The van der Waals surface area contributed by atoms with Crippen LogP contribution < -0.4 is 14.8 Å². The van der Waals surface area contributed by atoms with Crippen LogP contribution in [-0.4, -0.2) is 36.0 Å². The summed E-state index contributed by atoms with van der Waals surface area (Å²) < 4.78 is 10.5. The van der Waals surface area contributed by atoms with E-state index in [-0.39, 0.29) is 24.5 Å². The van der Waals surface area contributed by atoms with Gasteiger partial charge in [0, 0.05) is 5.56 Å². The van der Waals surface area contributed by atoms with E-state index in [2.05, 4.69) is 26.1 Å². The second kappa shape index (κ2) is 6.86. The molecule has 2 aliphatic heterocycles. The molecule has 1 fully saturated rings. The van der Waals surface area contributed by atoms with Crippen molar-refractivity contribution in [3.63, 3.8) is 0 Å². The number of imide groups is 1. The third-order valence-corrected chi connectivity index (χ3v) is 5.60. The van der Waals surface area contributed by atoms with Gasteiger partial charge in [0.15, 0.2) is 17.3 Å². The minimum Gasteiger partial charge on any atom is -0.454 e. The lowest BCUT2D eigenvalue weighted by atomic mass is 9.84. The molecule has 3 amide bonds. The fraction of sp³-hybridized carbons (Fsp3) is 0.348. The lowest BCUT2D eigenvalue weighted by molar-refractivity contribution is -0.130. The van der Waals surface area contributed by atoms with E-state index >= 15 is 0 Å². The smallest absolute Gasteiger partial charge is 0.325 e. The standard InChI is InChI=1S/C23H24N2O5/c1-22(2,3)15-6-8-16(9-7-15)23(4)20(27)25(21(28)24-23)12-17(26)14-5-10-18-19(11-14)30-13-29-18/h5-11H,12-13H2,1-4H3,(H,24,28). The monoisotopic (exact) mass is 408 g/mol. The molecular formula is C23H24N2O5. The van der Waals surface area contributed by atoms with Crippen molar-refractivity contribution in [2.45, 2.75) is 38.6 Å². The van der Waals surface area contributed by atoms with Gasteiger partial charge in [0.25, 0.3) is 5.91 Å². The predicted octanol–water partition coefficient (Wildman–Crippen LogP) is 3.36. The molecule has 156 valence electrons. The number of carbonyl (C=O) groups excluding carboxylic acids is 3. The van der Waals surface area contributed by atoms with Gasteiger partial charge in [0.2, 0.25) is 6.79 Å². The van der Waals surface area contributed by atoms with Gasteiger partial charge >= 0.3 is 6.03 Å². The van der Waals surface area contributed by atoms with Crippen LogP contribution in [0.4, 0.5) is 4.79 Å². The van der Waals surface area contributed by atoms with E-state index in [0.717, 1.165) is 10.5 Å². The average molecular weight is 408 g/mol. The van der Waals surface area contributed by atoms with Gasteiger partial charge in [-0.1, -0.05) is 45.0 Å². The number of hydrogen-bond acceptors (Lipinski definition) is 5. The van der Waals surface area contributed by atoms with E-state index in [1.54, 1.807) is 25.1 Å². The van der Waals surface area contributed by atoms with Crippen LogP contribution in [0.25, 0.3) is 0 Å². The maximum absolute atomic E-state index is 13.1. The molecule has 0 aromatic heterocycles. The fourth-order valence-electron chi connectivity index (χ4n) is 3.64. The summed E-state index contributed by atoms with van der Waals surface area (Å²) in [4.78, 5) is 39.4. The van der Waals surface area contributed by atoms with Crippen LogP contribution in [0.15, 0.2) is 42.5 Å². The number of ketones is 1. The van der Waals surface area contributed by atoms with Gasteiger partial charge in [-0.05, 0) is 41.7 Å². The number of ether oxygens (including phenoxy) is 2. The summed E-state index contributed by atoms with van der Waals surface area (Å²) in [6.07, 6.45) is 0. The number of nitrogens with zero attached hydrogens (tertiary/aromatic N) is 1. The lowest BCUT2D eigenvalue weighted by Crippen LogP contribution is -2.41. The number of fused-ring (bicyclic) bond motifs is 1. The maximum atomic E-state index is 13.1. The van der Waals surface area contributed by atoms with Crippen molar-refractivity contribution in [2.24, 2.45) is 0 Å². The second-order valence-electron chi connectivity index (χ2n) is 8.77. The number of urea groups is 1. The zero-order valence-corrected chi connectivity index (χ0v) is 17.4. The molecule has 0 spiro atoms. The number of nitrogens with one attached hydrogen (secondary N) is 1. The third-order valence-electron chi connectivity index (χ3n) is 5.60. The van der Waals surface area contributed by atoms with Crippen LogP contribution in [0.3, 0.4) is 0 Å². The number of carbonyl (C=O) groups is 3. The van der Waals surface area contributed by atoms with Crippen molar-refractivity contribution in [2.75, 3.05) is 13.3 Å². The number of benzene rings is 2. The van der Waals surface area contributed by atoms with Gasteiger partial charge in [-0.15, -0.1) is 0 Å². The van der Waals surface area contributed by atoms with Crippen LogP contribution in [0.5, 0.6) is 11.5 Å². The Balaban J connectivity index is 1.54. The highest BCUT2D eigenvalue weighted by molar-refractivity contribution is 6.11. The summed E-state index contributed by atoms with van der Waals surface area (Å²) in [6, 6.07) is 11.8. The molecule has 0 aliphatic carbocycles. The maximum Gasteiger partial charge on any atom is 0.325 e. The van der Waals surface area contributed by atoms with Crippen molar-refractivity contribution in [1.82, 2.24) is 10.2 Å². The Labute approximate surface area is 175 Å². The summed E-state index contributed by atoms with van der Waals surface area (Å²) in [7, 11) is 0. The molecule has 30 heavy (non-hydrogen) atoms. The Morgan fingerprint density at radius 1 is 1.07 bits per heavy atom. The molecule has 2 aliphatic rings. The number of Topliss-reactive ketones (excluding diaryl/α,β-unsaturated/α-hetero) is 1. The average Bonchev–Trinajstić information content (AvgIpc) is 3.25. The van der Waals surface area contributed by atoms with Crippen molar-refractivity contribution in [1.29, 1.82) is 0 Å². The minimum absolute atomic E-state index is 0.0224. The second-order valence-corrected chi connectivity index (χ2v) is 8.77. The largest absolute Gasteiger partial charge is 0.454 e. The molecule has 1 atom stereocenters. The summed E-state index contributed by atoms with van der Waals surface area (Å²) in [5.41, 5.74) is 0.907. The highest BCUT2D eigenvalue weighted by atomic mass is 16.7. The van der Waals surface area contributed by atoms with Crippen molar-refractivity contribution in [3.8, 4) is 11.5 Å². The van der Waals surface area contributed by atoms with Gasteiger partial charge in [-0.2, -0.15) is 0 Å². The van der Waals surface area contributed by atoms with E-state index < -0.39 is 17.5 Å². The van der Waals surface area contributed by atoms with Gasteiger partial charge < -0.3 is 14.8 Å². The summed E-state index contributed by atoms with van der Waals surface area (Å²) in [6.45, 7) is 7.73. The first-order valence-electron chi connectivity index (χ1n) is 9.77. The molecule has 7 nitrogen and oxygen atoms in total. The first-order valence-corrected chi connectivity index (χ1v) is 9.77. The van der Waals surface area contributed by atoms with E-state index in [1.165, 1.54) is 0 Å². The fourth-order valence-corrected chi connectivity index (χ4v) is 3.64. The van der Waals surface area contributed by atoms with Gasteiger partial charge in [0.1, 0.15) is 5.54 Å². The number of amides is 3. The Kier molecular flexibility index (Phi) is 4.56. The van der Waals surface area contributed by atoms with E-state index in [1.807, 2.05) is 24.3 Å². The zero-order chi connectivity index (χ0) is 21.7. The molecule has 0 bridgehead atoms. The first-order chi connectivity index (χ1) is 14.1. The summed E-state index contributed by atoms with van der Waals surface area (Å²) in [5.74, 6) is 0.226. The Morgan fingerprint density at radius 2 is 1.73 bits per heavy atom. The Bertz CT molecular complexity index is 1040. The van der Waals surface area contributed by atoms with E-state index in [0.29, 0.717) is 22.6 Å². The number of rotatable bonds is 4. The number of hydrogen-bond donors (Lipinski definition) is 1. The van der Waals surface area contributed by atoms with Crippen LogP contribution in [0.2, 0.25) is 0 Å². The van der Waals surface area contributed by atoms with Crippen LogP contribution in [0.1, 0.15) is 49.2 Å². The lowest BCUT2D eigenvalue weighted by Gasteiger charge is -2.24. The molecule has 1 unspecified atom stereocenters. The molecule has 2 aromatic carbocycles. The van der Waals surface area contributed by atoms with Crippen LogP contribution in [0, 0.1) is 0 Å². The van der Waals surface area contributed by atoms with E-state index in [4.69, 9.17) is 9.47 Å². The zero-order valence-electron chi connectivity index (χ0n) is 17.4. The van der Waals surface area contributed by atoms with Crippen molar-refractivity contribution in [3.05, 3.63) is 59.2 Å². The molecule has 7 heteroatoms. The topological polar surface area (TPSA) is 84.9 Å². The van der Waals surface area contributed by atoms with Gasteiger partial charge in [0.05, 0.1) is 6.54 Å². The van der Waals surface area contributed by atoms with Gasteiger partial charge in [-0.3, -0.25) is 14.5 Å². The Morgan fingerprint density at radius 3 is 2.40 bits per heavy atom. The normalized spacial score (nSPS) is 20.5. The molecule has 2 heterocycles. The van der Waals surface area contributed by atoms with Crippen molar-refractivity contribution < 1.29 is 23.9 Å². The highest BCUT2D eigenvalue weighted by Crippen LogP contribution is 2.34. The molecule has 0 saturated carbocycles. The first kappa shape index (κ1) is 19.9. The summed E-state index contributed by atoms with van der Waals surface area (Å²) >= 11 is 0.